The van der Waals surface area contributed by atoms with E-state index in [4.69, 9.17) is 20.9 Å². The monoisotopic (exact) mass is 403 g/mol. The molecule has 2 aliphatic heterocycles. The summed E-state index contributed by atoms with van der Waals surface area (Å²) in [6, 6.07) is 9.88. The molecule has 0 aliphatic carbocycles. The van der Waals surface area contributed by atoms with Gasteiger partial charge in [-0.25, -0.2) is 0 Å². The largest absolute Gasteiger partial charge is 0.379 e. The molecule has 2 aromatic rings. The number of carbonyl (C=O) groups is 1. The molecule has 6 nitrogen and oxygen atoms in total. The Kier molecular flexibility index (Phi) is 6.29. The molecule has 1 atom stereocenters. The number of nitrogens with one attached hydrogen (secondary N) is 1. The van der Waals surface area contributed by atoms with E-state index in [1.165, 1.54) is 5.56 Å². The highest BCUT2D eigenvalue weighted by Crippen LogP contribution is 2.28. The fourth-order valence-corrected chi connectivity index (χ4v) is 4.19. The van der Waals surface area contributed by atoms with E-state index >= 15 is 0 Å². The van der Waals surface area contributed by atoms with E-state index in [-0.39, 0.29) is 11.9 Å². The number of likely N-dealkylation sites (tertiary alicyclic amines) is 1. The molecule has 150 valence electrons. The van der Waals surface area contributed by atoms with Gasteiger partial charge in [-0.3, -0.25) is 9.69 Å². The van der Waals surface area contributed by atoms with Gasteiger partial charge in [0.05, 0.1) is 18.3 Å². The number of piperidine rings is 1. The van der Waals surface area contributed by atoms with Crippen molar-refractivity contribution in [3.05, 3.63) is 52.4 Å². The van der Waals surface area contributed by atoms with Crippen molar-refractivity contribution >= 4 is 17.5 Å². The molecule has 2 aliphatic rings. The lowest BCUT2D eigenvalue weighted by molar-refractivity contribution is 0.0608. The van der Waals surface area contributed by atoms with Crippen LogP contribution < -0.4 is 5.32 Å². The number of aromatic nitrogens is 1. The molecule has 1 aromatic heterocycles. The van der Waals surface area contributed by atoms with Crippen molar-refractivity contribution in [2.75, 3.05) is 26.3 Å². The Morgan fingerprint density at radius 3 is 2.86 bits per heavy atom. The van der Waals surface area contributed by atoms with Crippen LogP contribution in [0.1, 0.15) is 53.4 Å². The van der Waals surface area contributed by atoms with Crippen LogP contribution in [-0.2, 0) is 11.3 Å². The van der Waals surface area contributed by atoms with Gasteiger partial charge in [-0.2, -0.15) is 0 Å². The highest BCUT2D eigenvalue weighted by Gasteiger charge is 2.26. The quantitative estimate of drug-likeness (QED) is 0.825. The zero-order valence-corrected chi connectivity index (χ0v) is 16.7. The number of carbonyl (C=O) groups excluding carboxylic acids is 1. The van der Waals surface area contributed by atoms with Crippen LogP contribution in [0, 0.1) is 0 Å². The second-order valence-corrected chi connectivity index (χ2v) is 8.12. The molecule has 0 saturated carbocycles. The summed E-state index contributed by atoms with van der Waals surface area (Å²) in [4.78, 5) is 14.8. The van der Waals surface area contributed by atoms with Crippen molar-refractivity contribution in [3.8, 4) is 0 Å². The average Bonchev–Trinajstić information content (AvgIpc) is 3.20. The molecule has 1 aromatic carbocycles. The summed E-state index contributed by atoms with van der Waals surface area (Å²) >= 11 is 6.08. The van der Waals surface area contributed by atoms with Gasteiger partial charge in [-0.15, -0.1) is 0 Å². The summed E-state index contributed by atoms with van der Waals surface area (Å²) in [7, 11) is 0. The summed E-state index contributed by atoms with van der Waals surface area (Å²) in [5, 5.41) is 7.92. The number of amides is 1. The maximum absolute atomic E-state index is 12.4. The first-order chi connectivity index (χ1) is 13.7. The highest BCUT2D eigenvalue weighted by molar-refractivity contribution is 6.30. The molecule has 4 rings (SSSR count). The molecule has 2 saturated heterocycles. The van der Waals surface area contributed by atoms with Gasteiger partial charge in [0, 0.05) is 30.2 Å². The maximum atomic E-state index is 12.4. The van der Waals surface area contributed by atoms with Crippen LogP contribution in [0.2, 0.25) is 5.02 Å². The SMILES string of the molecule is O=C(N[C@H]1CCCOC1)c1cc(C2CCN(Cc3cccc(Cl)c3)CC2)no1. The van der Waals surface area contributed by atoms with Crippen molar-refractivity contribution in [3.63, 3.8) is 0 Å². The number of hydrogen-bond acceptors (Lipinski definition) is 5. The predicted octanol–water partition coefficient (Wildman–Crippen LogP) is 3.62. The average molecular weight is 404 g/mol. The minimum absolute atomic E-state index is 0.0597. The lowest BCUT2D eigenvalue weighted by atomic mass is 9.93. The first kappa shape index (κ1) is 19.4. The van der Waals surface area contributed by atoms with Crippen LogP contribution in [0.5, 0.6) is 0 Å². The van der Waals surface area contributed by atoms with E-state index in [0.717, 1.165) is 62.6 Å². The van der Waals surface area contributed by atoms with Crippen LogP contribution in [0.4, 0.5) is 0 Å². The number of benzene rings is 1. The van der Waals surface area contributed by atoms with Gasteiger partial charge in [0.25, 0.3) is 5.91 Å². The van der Waals surface area contributed by atoms with Gasteiger partial charge in [0.15, 0.2) is 0 Å². The Balaban J connectivity index is 1.28. The Hall–Kier alpha value is -1.89. The van der Waals surface area contributed by atoms with E-state index in [0.29, 0.717) is 18.3 Å². The number of nitrogens with zero attached hydrogens (tertiary/aromatic N) is 2. The van der Waals surface area contributed by atoms with E-state index in [1.807, 2.05) is 18.2 Å². The molecule has 1 N–H and O–H groups in total. The van der Waals surface area contributed by atoms with Crippen molar-refractivity contribution in [1.82, 2.24) is 15.4 Å². The molecule has 2 fully saturated rings. The summed E-state index contributed by atoms with van der Waals surface area (Å²) in [6.45, 7) is 4.23. The summed E-state index contributed by atoms with van der Waals surface area (Å²) < 4.78 is 10.7. The molecule has 1 amide bonds. The molecule has 28 heavy (non-hydrogen) atoms. The summed E-state index contributed by atoms with van der Waals surface area (Å²) in [6.07, 6.45) is 3.92. The third-order valence-electron chi connectivity index (χ3n) is 5.55. The second-order valence-electron chi connectivity index (χ2n) is 7.68. The second kappa shape index (κ2) is 9.07. The molecule has 0 unspecified atom stereocenters. The Bertz CT molecular complexity index is 796. The minimum Gasteiger partial charge on any atom is -0.379 e. The van der Waals surface area contributed by atoms with Gasteiger partial charge in [0.1, 0.15) is 0 Å². The fourth-order valence-electron chi connectivity index (χ4n) is 3.98. The van der Waals surface area contributed by atoms with Crippen LogP contribution >= 0.6 is 11.6 Å². The summed E-state index contributed by atoms with van der Waals surface area (Å²) in [5.41, 5.74) is 2.12. The molecule has 0 spiro atoms. The lowest BCUT2D eigenvalue weighted by Crippen LogP contribution is -2.40. The standard InChI is InChI=1S/C21H26ClN3O3/c22-17-4-1-3-15(11-17)13-25-8-6-16(7-9-25)19-12-20(28-24-19)21(26)23-18-5-2-10-27-14-18/h1,3-4,11-12,16,18H,2,5-10,13-14H2,(H,23,26)/t18-/m0/s1. The normalized spacial score (nSPS) is 21.5. The Morgan fingerprint density at radius 2 is 2.11 bits per heavy atom. The topological polar surface area (TPSA) is 67.6 Å². The van der Waals surface area contributed by atoms with Crippen molar-refractivity contribution in [2.45, 2.75) is 44.2 Å². The molecular formula is C21H26ClN3O3. The van der Waals surface area contributed by atoms with Crippen LogP contribution in [0.25, 0.3) is 0 Å². The molecule has 0 radical (unpaired) electrons. The van der Waals surface area contributed by atoms with Crippen molar-refractivity contribution in [1.29, 1.82) is 0 Å². The predicted molar refractivity (Wildman–Crippen MR) is 107 cm³/mol. The molecule has 7 heteroatoms. The third-order valence-corrected chi connectivity index (χ3v) is 5.78. The lowest BCUT2D eigenvalue weighted by Gasteiger charge is -2.31. The van der Waals surface area contributed by atoms with E-state index in [9.17, 15) is 4.79 Å². The molecular weight excluding hydrogens is 378 g/mol. The highest BCUT2D eigenvalue weighted by atomic mass is 35.5. The maximum Gasteiger partial charge on any atom is 0.290 e. The van der Waals surface area contributed by atoms with Crippen molar-refractivity contribution < 1.29 is 14.1 Å². The van der Waals surface area contributed by atoms with E-state index in [2.05, 4.69) is 21.4 Å². The number of hydrogen-bond donors (Lipinski definition) is 1. The smallest absolute Gasteiger partial charge is 0.290 e. The van der Waals surface area contributed by atoms with Crippen molar-refractivity contribution in [2.24, 2.45) is 0 Å². The van der Waals surface area contributed by atoms with E-state index < -0.39 is 0 Å². The van der Waals surface area contributed by atoms with Crippen LogP contribution in [-0.4, -0.2) is 48.3 Å². The van der Waals surface area contributed by atoms with Gasteiger partial charge in [-0.1, -0.05) is 28.9 Å². The van der Waals surface area contributed by atoms with Crippen LogP contribution in [0.15, 0.2) is 34.9 Å². The Labute approximate surface area is 170 Å². The number of halogens is 1. The first-order valence-electron chi connectivity index (χ1n) is 9.99. The number of ether oxygens (including phenoxy) is 1. The van der Waals surface area contributed by atoms with Gasteiger partial charge >= 0.3 is 0 Å². The molecule has 0 bridgehead atoms. The minimum atomic E-state index is -0.201. The van der Waals surface area contributed by atoms with Gasteiger partial charge < -0.3 is 14.6 Å². The van der Waals surface area contributed by atoms with Gasteiger partial charge in [-0.05, 0) is 56.5 Å². The molecule has 3 heterocycles. The third kappa shape index (κ3) is 4.93. The zero-order chi connectivity index (χ0) is 19.3. The zero-order valence-electron chi connectivity index (χ0n) is 15.9. The first-order valence-corrected chi connectivity index (χ1v) is 10.4. The summed E-state index contributed by atoms with van der Waals surface area (Å²) in [5.74, 6) is 0.425. The van der Waals surface area contributed by atoms with E-state index in [1.54, 1.807) is 6.07 Å². The number of rotatable bonds is 5. The fraction of sp³-hybridized carbons (Fsp3) is 0.524. The van der Waals surface area contributed by atoms with Gasteiger partial charge in [0.2, 0.25) is 5.76 Å². The van der Waals surface area contributed by atoms with Crippen LogP contribution in [0.3, 0.4) is 0 Å². The Morgan fingerprint density at radius 1 is 1.25 bits per heavy atom.